The van der Waals surface area contributed by atoms with Crippen LogP contribution in [0.3, 0.4) is 0 Å². The molecule has 0 aromatic heterocycles. The molecule has 0 saturated carbocycles. The van der Waals surface area contributed by atoms with Gasteiger partial charge in [-0.3, -0.25) is 9.69 Å². The predicted octanol–water partition coefficient (Wildman–Crippen LogP) is 1.03. The fourth-order valence-corrected chi connectivity index (χ4v) is 2.74. The van der Waals surface area contributed by atoms with Gasteiger partial charge >= 0.3 is 0 Å². The normalized spacial score (nSPS) is 20.5. The largest absolute Gasteiger partial charge is 0.486 e. The van der Waals surface area contributed by atoms with Crippen molar-refractivity contribution in [3.63, 3.8) is 0 Å². The van der Waals surface area contributed by atoms with E-state index in [0.29, 0.717) is 19.0 Å². The van der Waals surface area contributed by atoms with E-state index in [0.717, 1.165) is 37.6 Å². The number of carbonyl (C=O) groups excluding carboxylic acids is 1. The van der Waals surface area contributed by atoms with Crippen LogP contribution in [0.4, 0.5) is 5.69 Å². The number of amides is 1. The van der Waals surface area contributed by atoms with Crippen LogP contribution in [-0.2, 0) is 4.79 Å². The van der Waals surface area contributed by atoms with Crippen LogP contribution >= 0.6 is 0 Å². The molecule has 0 aliphatic carbocycles. The Morgan fingerprint density at radius 2 is 1.82 bits per heavy atom. The summed E-state index contributed by atoms with van der Waals surface area (Å²) in [5.41, 5.74) is 0.746. The van der Waals surface area contributed by atoms with Crippen molar-refractivity contribution < 1.29 is 14.3 Å². The summed E-state index contributed by atoms with van der Waals surface area (Å²) in [6, 6.07) is 5.37. The van der Waals surface area contributed by atoms with Crippen molar-refractivity contribution in [3.05, 3.63) is 18.2 Å². The summed E-state index contributed by atoms with van der Waals surface area (Å²) in [6.07, 6.45) is 0. The van der Waals surface area contributed by atoms with Gasteiger partial charge in [-0.05, 0) is 26.1 Å². The topological polar surface area (TPSA) is 54.0 Å². The van der Waals surface area contributed by atoms with Gasteiger partial charge in [0.25, 0.3) is 0 Å². The van der Waals surface area contributed by atoms with Crippen molar-refractivity contribution in [1.29, 1.82) is 0 Å². The molecule has 0 radical (unpaired) electrons. The molecule has 6 nitrogen and oxygen atoms in total. The Kier molecular flexibility index (Phi) is 4.49. The lowest BCUT2D eigenvalue weighted by molar-refractivity contribution is -0.121. The van der Waals surface area contributed by atoms with Gasteiger partial charge in [0.15, 0.2) is 11.5 Å². The minimum absolute atomic E-state index is 0.0150. The van der Waals surface area contributed by atoms with Gasteiger partial charge in [0.1, 0.15) is 13.2 Å². The van der Waals surface area contributed by atoms with E-state index in [1.165, 1.54) is 0 Å². The molecule has 0 spiro atoms. The van der Waals surface area contributed by atoms with Gasteiger partial charge in [-0.15, -0.1) is 0 Å². The molecule has 6 heteroatoms. The van der Waals surface area contributed by atoms with Crippen LogP contribution in [0.2, 0.25) is 0 Å². The third kappa shape index (κ3) is 3.34. The van der Waals surface area contributed by atoms with E-state index >= 15 is 0 Å². The molecular formula is C16H23N3O3. The van der Waals surface area contributed by atoms with E-state index in [2.05, 4.69) is 22.2 Å². The lowest BCUT2D eigenvalue weighted by atomic mass is 10.2. The van der Waals surface area contributed by atoms with E-state index in [1.807, 2.05) is 25.1 Å². The number of fused-ring (bicyclic) bond motifs is 1. The molecule has 1 amide bonds. The number of nitrogens with zero attached hydrogens (tertiary/aromatic N) is 2. The fraction of sp³-hybridized carbons (Fsp3) is 0.562. The molecule has 0 unspecified atom stereocenters. The van der Waals surface area contributed by atoms with Gasteiger partial charge in [0.2, 0.25) is 5.91 Å². The van der Waals surface area contributed by atoms with Crippen LogP contribution < -0.4 is 14.8 Å². The van der Waals surface area contributed by atoms with Crippen LogP contribution in [0, 0.1) is 0 Å². The van der Waals surface area contributed by atoms with Crippen LogP contribution in [0.15, 0.2) is 18.2 Å². The van der Waals surface area contributed by atoms with Crippen LogP contribution in [0.25, 0.3) is 0 Å². The Morgan fingerprint density at radius 1 is 1.14 bits per heavy atom. The number of likely N-dealkylation sites (N-methyl/N-ethyl adjacent to an activating group) is 1. The lowest BCUT2D eigenvalue weighted by Gasteiger charge is -2.35. The third-order valence-corrected chi connectivity index (χ3v) is 4.27. The second-order valence-corrected chi connectivity index (χ2v) is 5.86. The number of rotatable bonds is 3. The Morgan fingerprint density at radius 3 is 2.55 bits per heavy atom. The van der Waals surface area contributed by atoms with Crippen LogP contribution in [-0.4, -0.2) is 68.2 Å². The highest BCUT2D eigenvalue weighted by molar-refractivity contribution is 5.94. The molecular weight excluding hydrogens is 282 g/mol. The number of ether oxygens (including phenoxy) is 2. The average Bonchev–Trinajstić information content (AvgIpc) is 2.55. The molecule has 1 fully saturated rings. The SMILES string of the molecule is C[C@H](C(=O)Nc1ccc2c(c1)OCCO2)N1CCN(C)CC1. The van der Waals surface area contributed by atoms with Crippen molar-refractivity contribution in [2.24, 2.45) is 0 Å². The lowest BCUT2D eigenvalue weighted by Crippen LogP contribution is -2.51. The zero-order valence-electron chi connectivity index (χ0n) is 13.2. The number of hydrogen-bond donors (Lipinski definition) is 1. The third-order valence-electron chi connectivity index (χ3n) is 4.27. The summed E-state index contributed by atoms with van der Waals surface area (Å²) in [6.45, 7) is 6.92. The fourth-order valence-electron chi connectivity index (χ4n) is 2.74. The van der Waals surface area contributed by atoms with Gasteiger partial charge in [-0.1, -0.05) is 0 Å². The van der Waals surface area contributed by atoms with Crippen LogP contribution in [0.1, 0.15) is 6.92 Å². The van der Waals surface area contributed by atoms with E-state index in [1.54, 1.807) is 0 Å². The summed E-state index contributed by atoms with van der Waals surface area (Å²) in [5, 5.41) is 2.97. The molecule has 2 aliphatic rings. The van der Waals surface area contributed by atoms with E-state index in [-0.39, 0.29) is 11.9 Å². The van der Waals surface area contributed by atoms with E-state index in [9.17, 15) is 4.79 Å². The van der Waals surface area contributed by atoms with Crippen molar-refractivity contribution in [1.82, 2.24) is 9.80 Å². The maximum atomic E-state index is 12.4. The van der Waals surface area contributed by atoms with Crippen LogP contribution in [0.5, 0.6) is 11.5 Å². The molecule has 1 atom stereocenters. The molecule has 1 saturated heterocycles. The first kappa shape index (κ1) is 15.1. The van der Waals surface area contributed by atoms with Crippen molar-refractivity contribution >= 4 is 11.6 Å². The summed E-state index contributed by atoms with van der Waals surface area (Å²) >= 11 is 0. The molecule has 3 rings (SSSR count). The Bertz CT molecular complexity index is 541. The molecule has 0 bridgehead atoms. The average molecular weight is 305 g/mol. The molecule has 1 N–H and O–H groups in total. The van der Waals surface area contributed by atoms with Gasteiger partial charge < -0.3 is 19.7 Å². The molecule has 2 aliphatic heterocycles. The number of nitrogens with one attached hydrogen (secondary N) is 1. The van der Waals surface area contributed by atoms with Gasteiger partial charge in [-0.25, -0.2) is 0 Å². The van der Waals surface area contributed by atoms with Gasteiger partial charge in [-0.2, -0.15) is 0 Å². The molecule has 1 aromatic carbocycles. The highest BCUT2D eigenvalue weighted by Crippen LogP contribution is 2.32. The minimum Gasteiger partial charge on any atom is -0.486 e. The second-order valence-electron chi connectivity index (χ2n) is 5.86. The minimum atomic E-state index is -0.137. The molecule has 1 aromatic rings. The summed E-state index contributed by atoms with van der Waals surface area (Å²) in [5.74, 6) is 1.44. The zero-order valence-corrected chi connectivity index (χ0v) is 13.2. The smallest absolute Gasteiger partial charge is 0.241 e. The maximum absolute atomic E-state index is 12.4. The first-order chi connectivity index (χ1) is 10.6. The van der Waals surface area contributed by atoms with E-state index < -0.39 is 0 Å². The number of anilines is 1. The quantitative estimate of drug-likeness (QED) is 0.904. The Hall–Kier alpha value is -1.79. The predicted molar refractivity (Wildman–Crippen MR) is 84.6 cm³/mol. The standard InChI is InChI=1S/C16H23N3O3/c1-12(19-7-5-18(2)6-8-19)16(20)17-13-3-4-14-15(11-13)22-10-9-21-14/h3-4,11-12H,5-10H2,1-2H3,(H,17,20)/t12-/m1/s1. The highest BCUT2D eigenvalue weighted by Gasteiger charge is 2.24. The number of hydrogen-bond acceptors (Lipinski definition) is 5. The molecule has 22 heavy (non-hydrogen) atoms. The van der Waals surface area contributed by atoms with Crippen molar-refractivity contribution in [2.45, 2.75) is 13.0 Å². The highest BCUT2D eigenvalue weighted by atomic mass is 16.6. The van der Waals surface area contributed by atoms with Gasteiger partial charge in [0, 0.05) is 37.9 Å². The monoisotopic (exact) mass is 305 g/mol. The van der Waals surface area contributed by atoms with Crippen molar-refractivity contribution in [2.75, 3.05) is 51.8 Å². The number of benzene rings is 1. The second kappa shape index (κ2) is 6.54. The Balaban J connectivity index is 1.61. The summed E-state index contributed by atoms with van der Waals surface area (Å²) in [4.78, 5) is 16.9. The molecule has 120 valence electrons. The number of carbonyl (C=O) groups is 1. The maximum Gasteiger partial charge on any atom is 0.241 e. The summed E-state index contributed by atoms with van der Waals surface area (Å²) in [7, 11) is 2.11. The first-order valence-corrected chi connectivity index (χ1v) is 7.76. The number of piperazine rings is 1. The first-order valence-electron chi connectivity index (χ1n) is 7.76. The Labute approximate surface area is 131 Å². The van der Waals surface area contributed by atoms with Crippen molar-refractivity contribution in [3.8, 4) is 11.5 Å². The summed E-state index contributed by atoms with van der Waals surface area (Å²) < 4.78 is 11.0. The zero-order chi connectivity index (χ0) is 15.5. The molecule has 2 heterocycles. The van der Waals surface area contributed by atoms with E-state index in [4.69, 9.17) is 9.47 Å². The van der Waals surface area contributed by atoms with Gasteiger partial charge in [0.05, 0.1) is 6.04 Å².